The van der Waals surface area contributed by atoms with Gasteiger partial charge in [-0.3, -0.25) is 9.59 Å². The molecule has 4 N–H and O–H groups in total. The number of aliphatic carboxylic acids is 1. The zero-order valence-corrected chi connectivity index (χ0v) is 10.7. The van der Waals surface area contributed by atoms with Crippen LogP contribution in [0.3, 0.4) is 0 Å². The highest BCUT2D eigenvalue weighted by Gasteiger charge is 2.43. The van der Waals surface area contributed by atoms with Gasteiger partial charge in [0.05, 0.1) is 11.3 Å². The van der Waals surface area contributed by atoms with Crippen LogP contribution in [0.25, 0.3) is 0 Å². The second-order valence-corrected chi connectivity index (χ2v) is 5.70. The molecule has 0 radical (unpaired) electrons. The number of nitrogens with two attached hydrogens (primary N) is 1. The first-order valence-corrected chi connectivity index (χ1v) is 6.81. The van der Waals surface area contributed by atoms with Crippen LogP contribution in [0.1, 0.15) is 44.9 Å². The summed E-state index contributed by atoms with van der Waals surface area (Å²) in [4.78, 5) is 23.0. The molecule has 0 unspecified atom stereocenters. The first-order valence-electron chi connectivity index (χ1n) is 6.81. The minimum atomic E-state index is -0.711. The smallest absolute Gasteiger partial charge is 0.306 e. The van der Waals surface area contributed by atoms with Crippen LogP contribution in [-0.4, -0.2) is 29.6 Å². The first-order chi connectivity index (χ1) is 8.57. The zero-order valence-electron chi connectivity index (χ0n) is 10.7. The van der Waals surface area contributed by atoms with Crippen LogP contribution < -0.4 is 11.1 Å². The molecule has 102 valence electrons. The average molecular weight is 254 g/mol. The summed E-state index contributed by atoms with van der Waals surface area (Å²) in [7, 11) is 0. The predicted octanol–water partition coefficient (Wildman–Crippen LogP) is 0.875. The van der Waals surface area contributed by atoms with Crippen molar-refractivity contribution in [1.82, 2.24) is 5.32 Å². The van der Waals surface area contributed by atoms with E-state index in [-0.39, 0.29) is 23.3 Å². The predicted molar refractivity (Wildman–Crippen MR) is 66.9 cm³/mol. The van der Waals surface area contributed by atoms with Crippen molar-refractivity contribution < 1.29 is 14.7 Å². The number of amides is 1. The van der Waals surface area contributed by atoms with Gasteiger partial charge >= 0.3 is 5.97 Å². The van der Waals surface area contributed by atoms with E-state index in [4.69, 9.17) is 10.8 Å². The number of carbonyl (C=O) groups excluding carboxylic acids is 1. The van der Waals surface area contributed by atoms with Gasteiger partial charge in [0, 0.05) is 12.6 Å². The van der Waals surface area contributed by atoms with E-state index in [1.54, 1.807) is 0 Å². The van der Waals surface area contributed by atoms with E-state index in [9.17, 15) is 9.59 Å². The van der Waals surface area contributed by atoms with Gasteiger partial charge < -0.3 is 16.2 Å². The van der Waals surface area contributed by atoms with Crippen LogP contribution in [0, 0.1) is 11.3 Å². The average Bonchev–Trinajstić information content (AvgIpc) is 2.29. The van der Waals surface area contributed by atoms with Crippen molar-refractivity contribution in [3.8, 4) is 0 Å². The van der Waals surface area contributed by atoms with Gasteiger partial charge in [0.15, 0.2) is 0 Å². The molecule has 0 aromatic heterocycles. The number of rotatable bonds is 4. The Morgan fingerprint density at radius 2 is 1.83 bits per heavy atom. The number of nitrogens with one attached hydrogen (secondary N) is 1. The molecule has 0 aliphatic heterocycles. The van der Waals surface area contributed by atoms with Crippen molar-refractivity contribution in [2.75, 3.05) is 6.54 Å². The van der Waals surface area contributed by atoms with E-state index in [0.29, 0.717) is 19.4 Å². The molecule has 2 aliphatic rings. The molecular weight excluding hydrogens is 232 g/mol. The fourth-order valence-corrected chi connectivity index (χ4v) is 2.95. The molecule has 0 bridgehead atoms. The number of carboxylic acid groups (broad SMARTS) is 1. The number of carboxylic acids is 1. The van der Waals surface area contributed by atoms with E-state index in [2.05, 4.69) is 5.32 Å². The van der Waals surface area contributed by atoms with Crippen LogP contribution in [0.5, 0.6) is 0 Å². The molecule has 5 nitrogen and oxygen atoms in total. The summed E-state index contributed by atoms with van der Waals surface area (Å²) in [5.41, 5.74) is 5.37. The van der Waals surface area contributed by atoms with E-state index in [0.717, 1.165) is 32.1 Å². The Bertz CT molecular complexity index is 326. The SMILES string of the molecule is NCC1(C(=O)NC2CCC(C(=O)O)CC2)CCC1. The van der Waals surface area contributed by atoms with Gasteiger partial charge in [0.2, 0.25) is 5.91 Å². The van der Waals surface area contributed by atoms with Crippen molar-refractivity contribution in [1.29, 1.82) is 0 Å². The maximum atomic E-state index is 12.2. The van der Waals surface area contributed by atoms with E-state index in [1.165, 1.54) is 0 Å². The zero-order chi connectivity index (χ0) is 13.2. The normalized spacial score (nSPS) is 30.3. The highest BCUT2D eigenvalue weighted by Crippen LogP contribution is 2.40. The van der Waals surface area contributed by atoms with Crippen molar-refractivity contribution in [2.24, 2.45) is 17.1 Å². The Morgan fingerprint density at radius 3 is 2.22 bits per heavy atom. The second-order valence-electron chi connectivity index (χ2n) is 5.70. The van der Waals surface area contributed by atoms with Crippen LogP contribution in [-0.2, 0) is 9.59 Å². The number of hydrogen-bond acceptors (Lipinski definition) is 3. The van der Waals surface area contributed by atoms with Gasteiger partial charge in [-0.1, -0.05) is 6.42 Å². The topological polar surface area (TPSA) is 92.4 Å². The molecule has 0 heterocycles. The highest BCUT2D eigenvalue weighted by atomic mass is 16.4. The third-order valence-corrected chi connectivity index (χ3v) is 4.59. The maximum absolute atomic E-state index is 12.2. The molecule has 2 fully saturated rings. The van der Waals surface area contributed by atoms with Gasteiger partial charge in [-0.05, 0) is 38.5 Å². The van der Waals surface area contributed by atoms with Gasteiger partial charge in [-0.15, -0.1) is 0 Å². The Hall–Kier alpha value is -1.10. The van der Waals surface area contributed by atoms with Crippen molar-refractivity contribution in [3.05, 3.63) is 0 Å². The Balaban J connectivity index is 1.81. The summed E-state index contributed by atoms with van der Waals surface area (Å²) in [6, 6.07) is 0.136. The van der Waals surface area contributed by atoms with Gasteiger partial charge in [-0.2, -0.15) is 0 Å². The first kappa shape index (κ1) is 13.3. The second kappa shape index (κ2) is 5.26. The standard InChI is InChI=1S/C13H22N2O3/c14-8-13(6-1-7-13)12(18)15-10-4-2-9(3-5-10)11(16)17/h9-10H,1-8,14H2,(H,15,18)(H,16,17). The highest BCUT2D eigenvalue weighted by molar-refractivity contribution is 5.84. The Kier molecular flexibility index (Phi) is 3.90. The molecule has 2 rings (SSSR count). The van der Waals surface area contributed by atoms with E-state index in [1.807, 2.05) is 0 Å². The summed E-state index contributed by atoms with van der Waals surface area (Å²) in [5, 5.41) is 12.0. The van der Waals surface area contributed by atoms with Crippen molar-refractivity contribution in [2.45, 2.75) is 51.0 Å². The number of carbonyl (C=O) groups is 2. The van der Waals surface area contributed by atoms with Crippen LogP contribution in [0.4, 0.5) is 0 Å². The lowest BCUT2D eigenvalue weighted by molar-refractivity contribution is -0.143. The quantitative estimate of drug-likeness (QED) is 0.694. The summed E-state index contributed by atoms with van der Waals surface area (Å²) in [6.45, 7) is 0.420. The molecule has 0 aromatic carbocycles. The van der Waals surface area contributed by atoms with E-state index < -0.39 is 5.97 Å². The van der Waals surface area contributed by atoms with Crippen LogP contribution in [0.15, 0.2) is 0 Å². The summed E-state index contributed by atoms with van der Waals surface area (Å²) in [5.74, 6) is -0.863. The molecule has 18 heavy (non-hydrogen) atoms. The largest absolute Gasteiger partial charge is 0.481 e. The van der Waals surface area contributed by atoms with Gasteiger partial charge in [-0.25, -0.2) is 0 Å². The minimum absolute atomic E-state index is 0.0787. The monoisotopic (exact) mass is 254 g/mol. The fraction of sp³-hybridized carbons (Fsp3) is 0.846. The Labute approximate surface area is 107 Å². The fourth-order valence-electron chi connectivity index (χ4n) is 2.95. The molecule has 0 aromatic rings. The van der Waals surface area contributed by atoms with Crippen LogP contribution in [0.2, 0.25) is 0 Å². The van der Waals surface area contributed by atoms with Crippen LogP contribution >= 0.6 is 0 Å². The Morgan fingerprint density at radius 1 is 1.22 bits per heavy atom. The van der Waals surface area contributed by atoms with Gasteiger partial charge in [0.25, 0.3) is 0 Å². The molecule has 0 spiro atoms. The lowest BCUT2D eigenvalue weighted by atomic mass is 9.68. The molecule has 1 amide bonds. The lowest BCUT2D eigenvalue weighted by Crippen LogP contribution is -2.53. The summed E-state index contributed by atoms with van der Waals surface area (Å²) in [6.07, 6.45) is 5.72. The number of hydrogen-bond donors (Lipinski definition) is 3. The van der Waals surface area contributed by atoms with Crippen molar-refractivity contribution in [3.63, 3.8) is 0 Å². The van der Waals surface area contributed by atoms with Gasteiger partial charge in [0.1, 0.15) is 0 Å². The van der Waals surface area contributed by atoms with E-state index >= 15 is 0 Å². The van der Waals surface area contributed by atoms with Crippen molar-refractivity contribution >= 4 is 11.9 Å². The third-order valence-electron chi connectivity index (χ3n) is 4.59. The minimum Gasteiger partial charge on any atom is -0.481 e. The molecule has 0 atom stereocenters. The summed E-state index contributed by atoms with van der Waals surface area (Å²) >= 11 is 0. The third kappa shape index (κ3) is 2.51. The lowest BCUT2D eigenvalue weighted by Gasteiger charge is -2.40. The molecule has 5 heteroatoms. The molecule has 2 saturated carbocycles. The summed E-state index contributed by atoms with van der Waals surface area (Å²) < 4.78 is 0. The molecular formula is C13H22N2O3. The molecule has 2 aliphatic carbocycles. The molecule has 0 saturated heterocycles. The maximum Gasteiger partial charge on any atom is 0.306 e.